The molecule has 1 aliphatic rings. The summed E-state index contributed by atoms with van der Waals surface area (Å²) in [6.45, 7) is 2.56. The number of aromatic amines is 1. The fourth-order valence-corrected chi connectivity index (χ4v) is 5.15. The molecule has 0 amide bonds. The highest BCUT2D eigenvalue weighted by molar-refractivity contribution is 9.10. The summed E-state index contributed by atoms with van der Waals surface area (Å²) in [4.78, 5) is 40.9. The summed E-state index contributed by atoms with van der Waals surface area (Å²) in [6.07, 6.45) is -0.385. The Labute approximate surface area is 220 Å². The number of carbonyl (C=O) groups excluding carboxylic acids is 1. The monoisotopic (exact) mass is 602 g/mol. The summed E-state index contributed by atoms with van der Waals surface area (Å²) in [5, 5.41) is 6.22. The molecule has 16 heteroatoms. The number of nitrogens with one attached hydrogen (secondary N) is 2. The first-order valence-corrected chi connectivity index (χ1v) is 13.0. The second-order valence-corrected chi connectivity index (χ2v) is 10.4. The van der Waals surface area contributed by atoms with Gasteiger partial charge in [-0.1, -0.05) is 28.5 Å². The van der Waals surface area contributed by atoms with Crippen molar-refractivity contribution in [1.29, 1.82) is 0 Å². The van der Waals surface area contributed by atoms with Crippen LogP contribution in [0.5, 0.6) is 5.75 Å². The Morgan fingerprint density at radius 1 is 1.41 bits per heavy atom. The van der Waals surface area contributed by atoms with Crippen LogP contribution < -0.4 is 20.9 Å². The smallest absolute Gasteiger partial charge is 0.459 e. The molecule has 0 bridgehead atoms. The molecule has 1 fully saturated rings. The summed E-state index contributed by atoms with van der Waals surface area (Å²) in [7, 11) is -3.01. The summed E-state index contributed by atoms with van der Waals surface area (Å²) < 4.78 is 37.2. The minimum atomic E-state index is -4.19. The molecule has 1 saturated heterocycles. The Morgan fingerprint density at radius 2 is 2.08 bits per heavy atom. The van der Waals surface area contributed by atoms with E-state index in [2.05, 4.69) is 40.8 Å². The van der Waals surface area contributed by atoms with Gasteiger partial charge in [-0.3, -0.25) is 23.7 Å². The standard InChI is InChI=1S/C20H24BrN6O8P.CH4/c1-11-9-27(20(30)23-18(11)28)17-8-15(24-26-22)16(34-17)10-33-36(31,25-12(2)19(29)32-3)35-14-6-4-13(21)5-7-14;/h4-7,9,12,15-17H,8,10H2,1-3H3,(H,25,31)(H,23,28,30);1H4/t12?,15?,16-,17-,36?;/m1./s1. The second-order valence-electron chi connectivity index (χ2n) is 7.83. The maximum atomic E-state index is 13.6. The fraction of sp³-hybridized carbons (Fsp3) is 0.476. The van der Waals surface area contributed by atoms with Crippen LogP contribution >= 0.6 is 23.7 Å². The van der Waals surface area contributed by atoms with Crippen molar-refractivity contribution in [2.45, 2.75) is 52.1 Å². The molecular weight excluding hydrogens is 575 g/mol. The van der Waals surface area contributed by atoms with Gasteiger partial charge >= 0.3 is 19.4 Å². The fourth-order valence-electron chi connectivity index (χ4n) is 3.39. The zero-order valence-corrected chi connectivity index (χ0v) is 22.0. The predicted octanol–water partition coefficient (Wildman–Crippen LogP) is 3.56. The van der Waals surface area contributed by atoms with Crippen molar-refractivity contribution in [2.75, 3.05) is 13.7 Å². The van der Waals surface area contributed by atoms with E-state index in [1.54, 1.807) is 24.3 Å². The summed E-state index contributed by atoms with van der Waals surface area (Å²) in [6, 6.07) is 4.56. The van der Waals surface area contributed by atoms with Crippen LogP contribution in [-0.2, 0) is 23.4 Å². The topological polar surface area (TPSA) is 187 Å². The van der Waals surface area contributed by atoms with Crippen molar-refractivity contribution in [3.8, 4) is 5.75 Å². The number of hydrogen-bond acceptors (Lipinski definition) is 9. The average Bonchev–Trinajstić information content (AvgIpc) is 3.23. The van der Waals surface area contributed by atoms with Crippen molar-refractivity contribution in [1.82, 2.24) is 14.6 Å². The molecule has 5 atom stereocenters. The first-order valence-electron chi connectivity index (χ1n) is 10.6. The molecule has 37 heavy (non-hydrogen) atoms. The highest BCUT2D eigenvalue weighted by Gasteiger charge is 2.40. The molecule has 2 heterocycles. The van der Waals surface area contributed by atoms with Crippen molar-refractivity contribution >= 4 is 29.6 Å². The molecule has 2 N–H and O–H groups in total. The number of H-pyrrole nitrogens is 1. The van der Waals surface area contributed by atoms with E-state index in [4.69, 9.17) is 19.3 Å². The van der Waals surface area contributed by atoms with Crippen LogP contribution in [0.2, 0.25) is 0 Å². The Hall–Kier alpha value is -2.93. The van der Waals surface area contributed by atoms with Crippen LogP contribution in [0.25, 0.3) is 10.4 Å². The third-order valence-electron chi connectivity index (χ3n) is 5.21. The summed E-state index contributed by atoms with van der Waals surface area (Å²) in [5.74, 6) is -0.506. The number of hydrogen-bond donors (Lipinski definition) is 2. The van der Waals surface area contributed by atoms with Crippen LogP contribution in [0.15, 0.2) is 49.6 Å². The summed E-state index contributed by atoms with van der Waals surface area (Å²) in [5.41, 5.74) is 8.04. The SMILES string of the molecule is C.COC(=O)C(C)NP(=O)(OC[C@H]1O[C@@H](n2cc(C)c(=O)[nH]c2=O)CC1N=[N+]=[N-])Oc1ccc(Br)cc1. The molecule has 1 aromatic carbocycles. The molecule has 202 valence electrons. The lowest BCUT2D eigenvalue weighted by molar-refractivity contribution is -0.142. The van der Waals surface area contributed by atoms with E-state index in [9.17, 15) is 18.9 Å². The highest BCUT2D eigenvalue weighted by atomic mass is 79.9. The molecule has 14 nitrogen and oxygen atoms in total. The molecule has 0 radical (unpaired) electrons. The molecule has 1 aromatic heterocycles. The number of nitrogens with zero attached hydrogens (tertiary/aromatic N) is 4. The van der Waals surface area contributed by atoms with Gasteiger partial charge in [0.05, 0.1) is 25.9 Å². The van der Waals surface area contributed by atoms with Gasteiger partial charge in [0.1, 0.15) is 18.0 Å². The lowest BCUT2D eigenvalue weighted by Gasteiger charge is -2.24. The number of esters is 1. The first-order chi connectivity index (χ1) is 17.0. The maximum Gasteiger partial charge on any atom is 0.459 e. The van der Waals surface area contributed by atoms with Crippen molar-refractivity contribution in [2.24, 2.45) is 5.11 Å². The number of azide groups is 1. The van der Waals surface area contributed by atoms with Gasteiger partial charge in [-0.15, -0.1) is 0 Å². The van der Waals surface area contributed by atoms with Gasteiger partial charge < -0.3 is 14.0 Å². The first kappa shape index (κ1) is 30.3. The van der Waals surface area contributed by atoms with Crippen LogP contribution in [0.4, 0.5) is 0 Å². The van der Waals surface area contributed by atoms with Crippen molar-refractivity contribution in [3.63, 3.8) is 0 Å². The molecule has 3 rings (SSSR count). The second kappa shape index (κ2) is 13.0. The highest BCUT2D eigenvalue weighted by Crippen LogP contribution is 2.46. The van der Waals surface area contributed by atoms with Crippen molar-refractivity contribution in [3.05, 3.63) is 71.8 Å². The number of ether oxygens (including phenoxy) is 2. The maximum absolute atomic E-state index is 13.6. The minimum absolute atomic E-state index is 0. The van der Waals surface area contributed by atoms with E-state index >= 15 is 0 Å². The predicted molar refractivity (Wildman–Crippen MR) is 137 cm³/mol. The number of aromatic nitrogens is 2. The number of carbonyl (C=O) groups is 1. The number of rotatable bonds is 10. The van der Waals surface area contributed by atoms with Crippen LogP contribution in [0.3, 0.4) is 0 Å². The average molecular weight is 603 g/mol. The van der Waals surface area contributed by atoms with E-state index in [1.165, 1.54) is 31.7 Å². The Balaban J connectivity index is 0.00000481. The van der Waals surface area contributed by atoms with Gasteiger partial charge in [-0.05, 0) is 43.6 Å². The van der Waals surface area contributed by atoms with Crippen LogP contribution in [0, 0.1) is 6.92 Å². The Morgan fingerprint density at radius 3 is 2.70 bits per heavy atom. The zero-order valence-electron chi connectivity index (χ0n) is 19.5. The van der Waals surface area contributed by atoms with Crippen LogP contribution in [-0.4, -0.2) is 47.4 Å². The van der Waals surface area contributed by atoms with E-state index in [1.807, 2.05) is 0 Å². The minimum Gasteiger partial charge on any atom is -0.468 e. The zero-order chi connectivity index (χ0) is 26.5. The molecule has 0 aliphatic carbocycles. The third kappa shape index (κ3) is 7.78. The van der Waals surface area contributed by atoms with Gasteiger partial charge in [-0.25, -0.2) is 9.36 Å². The van der Waals surface area contributed by atoms with E-state index < -0.39 is 49.4 Å². The van der Waals surface area contributed by atoms with Crippen LogP contribution in [0.1, 0.15) is 32.6 Å². The lowest BCUT2D eigenvalue weighted by Crippen LogP contribution is -2.36. The third-order valence-corrected chi connectivity index (χ3v) is 7.39. The quantitative estimate of drug-likeness (QED) is 0.135. The molecular formula is C21H28BrN6O8P. The van der Waals surface area contributed by atoms with E-state index in [0.717, 1.165) is 4.47 Å². The number of aryl methyl sites for hydroxylation is 1. The molecule has 0 spiro atoms. The van der Waals surface area contributed by atoms with Gasteiger partial charge in [0.25, 0.3) is 5.56 Å². The van der Waals surface area contributed by atoms with Gasteiger partial charge in [-0.2, -0.15) is 5.09 Å². The largest absolute Gasteiger partial charge is 0.468 e. The number of benzene rings is 1. The number of halogens is 1. The van der Waals surface area contributed by atoms with Gasteiger partial charge in [0, 0.05) is 27.6 Å². The van der Waals surface area contributed by atoms with Gasteiger partial charge in [0.2, 0.25) is 0 Å². The molecule has 3 unspecified atom stereocenters. The van der Waals surface area contributed by atoms with Crippen molar-refractivity contribution < 1.29 is 27.9 Å². The molecule has 1 aliphatic heterocycles. The number of methoxy groups -OCH3 is 1. The van der Waals surface area contributed by atoms with E-state index in [-0.39, 0.29) is 31.8 Å². The normalized spacial score (nSPS) is 21.1. The summed E-state index contributed by atoms with van der Waals surface area (Å²) >= 11 is 3.30. The lowest BCUT2D eigenvalue weighted by atomic mass is 10.1. The van der Waals surface area contributed by atoms with E-state index in [0.29, 0.717) is 0 Å². The Kier molecular flexibility index (Phi) is 10.7. The Bertz CT molecular complexity index is 1310. The molecule has 0 saturated carbocycles. The van der Waals surface area contributed by atoms with Gasteiger partial charge in [0.15, 0.2) is 0 Å². The molecule has 2 aromatic rings.